The van der Waals surface area contributed by atoms with E-state index in [0.29, 0.717) is 0 Å². The zero-order valence-electron chi connectivity index (χ0n) is 69.4. The molecule has 9 heterocycles. The van der Waals surface area contributed by atoms with Crippen LogP contribution in [-0.4, -0.2) is 26.9 Å². The van der Waals surface area contributed by atoms with E-state index in [-0.39, 0.29) is 26.9 Å². The second-order valence-electron chi connectivity index (χ2n) is 34.5. The molecule has 0 bridgehead atoms. The molecular formula is C114H73B4N9O. The van der Waals surface area contributed by atoms with Gasteiger partial charge in [0.05, 0.1) is 22.7 Å². The first kappa shape index (κ1) is 70.9. The highest BCUT2D eigenvalue weighted by molar-refractivity contribution is 7.07. The van der Waals surface area contributed by atoms with Crippen molar-refractivity contribution in [1.29, 1.82) is 0 Å². The van der Waals surface area contributed by atoms with Gasteiger partial charge < -0.3 is 48.8 Å². The number of hydrogen-bond acceptors (Lipinski definition) is 10. The minimum absolute atomic E-state index is 0.228. The molecule has 0 fully saturated rings. The molecule has 19 aromatic carbocycles. The van der Waals surface area contributed by atoms with Crippen molar-refractivity contribution in [3.05, 3.63) is 443 Å². The molecule has 0 saturated carbocycles. The van der Waals surface area contributed by atoms with Gasteiger partial charge in [0.15, 0.2) is 11.5 Å². The van der Waals surface area contributed by atoms with Crippen LogP contribution < -0.4 is 114 Å². The first-order valence-corrected chi connectivity index (χ1v) is 44.4. The molecule has 0 amide bonds. The fourth-order valence-electron chi connectivity index (χ4n) is 23.1. The van der Waals surface area contributed by atoms with E-state index in [2.05, 4.69) is 487 Å². The fourth-order valence-corrected chi connectivity index (χ4v) is 23.1. The van der Waals surface area contributed by atoms with Gasteiger partial charge in [-0.05, 0) is 254 Å². The molecule has 0 spiro atoms. The zero-order valence-corrected chi connectivity index (χ0v) is 69.4. The molecular weight excluding hydrogens is 1550 g/mol. The van der Waals surface area contributed by atoms with Gasteiger partial charge in [-0.2, -0.15) is 0 Å². The molecule has 0 aromatic heterocycles. The van der Waals surface area contributed by atoms with Crippen LogP contribution in [0.2, 0.25) is 0 Å². The van der Waals surface area contributed by atoms with Crippen molar-refractivity contribution in [3.8, 4) is 11.5 Å². The quantitative estimate of drug-likeness (QED) is 0.110. The fraction of sp³-hybridized carbons (Fsp3) is 0. The van der Waals surface area contributed by atoms with Crippen molar-refractivity contribution in [2.45, 2.75) is 0 Å². The average molecular weight is 1630 g/mol. The summed E-state index contributed by atoms with van der Waals surface area (Å²) >= 11 is 0. The van der Waals surface area contributed by atoms with Gasteiger partial charge in [-0.3, -0.25) is 0 Å². The van der Waals surface area contributed by atoms with Crippen molar-refractivity contribution < 1.29 is 4.74 Å². The summed E-state index contributed by atoms with van der Waals surface area (Å²) in [5.41, 5.74) is 44.3. The third-order valence-electron chi connectivity index (χ3n) is 27.9. The highest BCUT2D eigenvalue weighted by atomic mass is 16.5. The molecule has 0 unspecified atom stereocenters. The summed E-state index contributed by atoms with van der Waals surface area (Å²) in [6, 6.07) is 166. The van der Waals surface area contributed by atoms with Crippen LogP contribution in [-0.2, 0) is 0 Å². The molecule has 0 atom stereocenters. The summed E-state index contributed by atoms with van der Waals surface area (Å²) in [5.74, 6) is 1.68. The van der Waals surface area contributed by atoms with Gasteiger partial charge in [-0.15, -0.1) is 0 Å². The molecule has 0 saturated heterocycles. The lowest BCUT2D eigenvalue weighted by atomic mass is 9.27. The molecule has 0 radical (unpaired) electrons. The Morgan fingerprint density at radius 1 is 0.156 bits per heavy atom. The largest absolute Gasteiger partial charge is 0.453 e. The van der Waals surface area contributed by atoms with Crippen molar-refractivity contribution >= 4 is 246 Å². The van der Waals surface area contributed by atoms with Gasteiger partial charge in [-0.1, -0.05) is 255 Å². The van der Waals surface area contributed by atoms with Gasteiger partial charge in [0.2, 0.25) is 0 Å². The van der Waals surface area contributed by atoms with Crippen LogP contribution in [0.15, 0.2) is 443 Å². The number of ether oxygens (including phenoxy) is 1. The third-order valence-corrected chi connectivity index (χ3v) is 27.9. The predicted molar refractivity (Wildman–Crippen MR) is 537 cm³/mol. The Labute approximate surface area is 744 Å². The number of nitrogens with zero attached hydrogens (tertiary/aromatic N) is 9. The van der Waals surface area contributed by atoms with Gasteiger partial charge in [-0.25, -0.2) is 0 Å². The second-order valence-corrected chi connectivity index (χ2v) is 34.5. The van der Waals surface area contributed by atoms with Crippen LogP contribution in [0, 0.1) is 0 Å². The van der Waals surface area contributed by atoms with E-state index >= 15 is 0 Å². The number of fused-ring (bicyclic) bond motifs is 14. The van der Waals surface area contributed by atoms with E-state index < -0.39 is 0 Å². The molecule has 10 nitrogen and oxygen atoms in total. The monoisotopic (exact) mass is 1630 g/mol. The molecule has 28 rings (SSSR count). The summed E-state index contributed by atoms with van der Waals surface area (Å²) < 4.78 is 7.63. The first-order valence-electron chi connectivity index (χ1n) is 44.4. The highest BCUT2D eigenvalue weighted by Crippen LogP contribution is 2.59. The molecule has 592 valence electrons. The topological polar surface area (TPSA) is 38.4 Å². The van der Waals surface area contributed by atoms with Crippen LogP contribution in [0.4, 0.5) is 154 Å². The summed E-state index contributed by atoms with van der Waals surface area (Å²) in [6.45, 7) is -1.06. The van der Waals surface area contributed by atoms with E-state index in [9.17, 15) is 0 Å². The standard InChI is InChI=1S/C114H73B4N9O/c1-11-37-74(38-12-1)119(75-39-13-2-14-40-75)84-65-100-108-102(67-84)123(80-49-23-7-24-50-80)96-71-98-92(69-90(96)115(108)86-57-31-33-61-94(86)121(100)78-45-19-5-20-46-78)117-88-59-35-63-106-112(88)127-113-89(60-36-64-107(113)128-106)118-93-70-91-97(72-99(93)126(83-55-29-10-30-56-83)105-73-104(110(117)114(127)111(105)118)125(98)82-53-27-9-28-54-82)124(81-51-25-8-26-52-81)103-68-85(120(76-41-15-3-16-42-76)77-43-17-4-18-44-77)66-101-109(103)116(91)87-58-32-34-62-95(87)122(101)79-47-21-6-22-48-79/h1-73H. The van der Waals surface area contributed by atoms with Crippen molar-refractivity contribution in [1.82, 2.24) is 0 Å². The van der Waals surface area contributed by atoms with Crippen molar-refractivity contribution in [2.75, 3.05) is 44.1 Å². The van der Waals surface area contributed by atoms with E-state index in [1.54, 1.807) is 0 Å². The predicted octanol–water partition coefficient (Wildman–Crippen LogP) is 21.6. The Balaban J connectivity index is 0.731. The van der Waals surface area contributed by atoms with E-state index in [4.69, 9.17) is 4.74 Å². The molecule has 14 heteroatoms. The van der Waals surface area contributed by atoms with E-state index in [0.717, 1.165) is 159 Å². The maximum absolute atomic E-state index is 7.63. The SMILES string of the molecule is c1ccc(N(c2ccccc2)c2cc3c4c(c2)N(c2ccccc2)c2cc5c(cc2B4c2ccccc2N3c2ccccc2)B2c3cccc4c3N3c6c(cccc6B6c7cc8c(cc7N(c7ccccc7)c7cc(c2c3c76)N5c2ccccc2)N(c2ccccc2)c2cc(N(c3ccccc3)c3ccccc3)cc3c2B8c2ccccc2N3c2ccccc2)O4)cc1. The number of hydrogen-bond donors (Lipinski definition) is 0. The van der Waals surface area contributed by atoms with E-state index in [1.807, 2.05) is 0 Å². The Hall–Kier alpha value is -16.6. The summed E-state index contributed by atoms with van der Waals surface area (Å²) in [4.78, 5) is 23.1. The average Bonchev–Trinajstić information content (AvgIpc) is 0.662. The van der Waals surface area contributed by atoms with Crippen LogP contribution in [0.1, 0.15) is 0 Å². The number of para-hydroxylation sites is 14. The molecule has 128 heavy (non-hydrogen) atoms. The minimum atomic E-state index is -0.299. The highest BCUT2D eigenvalue weighted by Gasteiger charge is 2.57. The van der Waals surface area contributed by atoms with Crippen molar-refractivity contribution in [2.24, 2.45) is 0 Å². The van der Waals surface area contributed by atoms with Crippen molar-refractivity contribution in [3.63, 3.8) is 0 Å². The lowest BCUT2D eigenvalue weighted by Gasteiger charge is -2.53. The smallest absolute Gasteiger partial charge is 0.252 e. The van der Waals surface area contributed by atoms with Gasteiger partial charge in [0.25, 0.3) is 26.9 Å². The van der Waals surface area contributed by atoms with Crippen LogP contribution >= 0.6 is 0 Å². The lowest BCUT2D eigenvalue weighted by molar-refractivity contribution is 0.478. The molecule has 0 N–H and O–H groups in total. The van der Waals surface area contributed by atoms with E-state index in [1.165, 1.54) is 71.2 Å². The summed E-state index contributed by atoms with van der Waals surface area (Å²) in [7, 11) is 0. The number of anilines is 27. The normalized spacial score (nSPS) is 13.8. The van der Waals surface area contributed by atoms with Crippen LogP contribution in [0.25, 0.3) is 0 Å². The Morgan fingerprint density at radius 2 is 0.391 bits per heavy atom. The summed E-state index contributed by atoms with van der Waals surface area (Å²) in [5, 5.41) is 0. The Morgan fingerprint density at radius 3 is 0.688 bits per heavy atom. The molecule has 19 aromatic rings. The summed E-state index contributed by atoms with van der Waals surface area (Å²) in [6.07, 6.45) is 0. The Bertz CT molecular complexity index is 7280. The third kappa shape index (κ3) is 10.1. The van der Waals surface area contributed by atoms with Crippen LogP contribution in [0.5, 0.6) is 11.5 Å². The molecule has 9 aliphatic heterocycles. The lowest BCUT2D eigenvalue weighted by Crippen LogP contribution is -2.70. The maximum Gasteiger partial charge on any atom is 0.252 e. The van der Waals surface area contributed by atoms with Gasteiger partial charge >= 0.3 is 0 Å². The minimum Gasteiger partial charge on any atom is -0.453 e. The first-order chi connectivity index (χ1) is 63.6. The van der Waals surface area contributed by atoms with Crippen LogP contribution in [0.3, 0.4) is 0 Å². The Kier molecular flexibility index (Phi) is 15.2. The van der Waals surface area contributed by atoms with Gasteiger partial charge in [0.1, 0.15) is 0 Å². The second kappa shape index (κ2) is 27.5. The maximum atomic E-state index is 7.63. The number of benzene rings is 19. The molecule has 9 aliphatic rings. The molecule has 0 aliphatic carbocycles. The zero-order chi connectivity index (χ0) is 83.5. The van der Waals surface area contributed by atoms with Gasteiger partial charge in [0, 0.05) is 131 Å². The number of rotatable bonds is 12.